The van der Waals surface area contributed by atoms with Gasteiger partial charge in [-0.15, -0.1) is 0 Å². The maximum Gasteiger partial charge on any atom is 0.262 e. The van der Waals surface area contributed by atoms with Gasteiger partial charge in [0, 0.05) is 0 Å². The average Bonchev–Trinajstić information content (AvgIpc) is 2.97. The van der Waals surface area contributed by atoms with Crippen LogP contribution >= 0.6 is 0 Å². The van der Waals surface area contributed by atoms with Crippen LogP contribution in [0.5, 0.6) is 0 Å². The Labute approximate surface area is 177 Å². The number of anilines is 1. The number of hydrogen-bond acceptors (Lipinski definition) is 3. The number of aromatic nitrogens is 2. The second kappa shape index (κ2) is 7.61. The molecule has 0 unspecified atom stereocenters. The summed E-state index contributed by atoms with van der Waals surface area (Å²) in [6.07, 6.45) is 0. The van der Waals surface area contributed by atoms with Gasteiger partial charge < -0.3 is 0 Å². The molecule has 0 saturated heterocycles. The number of benzene rings is 3. The first-order chi connectivity index (χ1) is 14.3. The molecular weight excluding hydrogens is 394 g/mol. The van der Waals surface area contributed by atoms with Crippen LogP contribution in [0.2, 0.25) is 0 Å². The summed E-state index contributed by atoms with van der Waals surface area (Å²) in [5, 5.41) is 6.96. The molecule has 5 nitrogen and oxygen atoms in total. The van der Waals surface area contributed by atoms with Crippen molar-refractivity contribution in [3.05, 3.63) is 88.7 Å². The molecule has 154 valence electrons. The van der Waals surface area contributed by atoms with E-state index in [1.165, 1.54) is 10.8 Å². The molecule has 0 aliphatic carbocycles. The molecule has 4 rings (SSSR count). The fourth-order valence-electron chi connectivity index (χ4n) is 3.66. The molecule has 1 N–H and O–H groups in total. The number of aryl methyl sites for hydroxylation is 3. The van der Waals surface area contributed by atoms with Crippen molar-refractivity contribution in [2.45, 2.75) is 39.1 Å². The quantitative estimate of drug-likeness (QED) is 0.488. The lowest BCUT2D eigenvalue weighted by Crippen LogP contribution is -2.14. The summed E-state index contributed by atoms with van der Waals surface area (Å²) in [6, 6.07) is 19.6. The Morgan fingerprint density at radius 3 is 2.40 bits per heavy atom. The summed E-state index contributed by atoms with van der Waals surface area (Å²) in [4.78, 5) is 0.256. The lowest BCUT2D eigenvalue weighted by atomic mass is 10.0. The summed E-state index contributed by atoms with van der Waals surface area (Å²) >= 11 is 0. The van der Waals surface area contributed by atoms with E-state index in [9.17, 15) is 8.42 Å². The van der Waals surface area contributed by atoms with Crippen LogP contribution in [-0.2, 0) is 16.6 Å². The summed E-state index contributed by atoms with van der Waals surface area (Å²) in [5.74, 6) is 0. The number of nitrogens with one attached hydrogen (secondary N) is 1. The van der Waals surface area contributed by atoms with Gasteiger partial charge in [-0.1, -0.05) is 48.5 Å². The van der Waals surface area contributed by atoms with E-state index in [2.05, 4.69) is 34.1 Å². The zero-order valence-corrected chi connectivity index (χ0v) is 18.4. The zero-order valence-electron chi connectivity index (χ0n) is 17.6. The predicted octanol–water partition coefficient (Wildman–Crippen LogP) is 5.12. The minimum atomic E-state index is -3.70. The molecule has 3 aromatic carbocycles. The van der Waals surface area contributed by atoms with E-state index in [0.29, 0.717) is 17.9 Å². The third-order valence-electron chi connectivity index (χ3n) is 5.61. The standard InChI is InChI=1S/C24H25N3O2S/c1-16-12-13-22(14-17(16)2)30(28,29)26-24-18(3)25-27(19(24)4)15-21-10-7-9-20-8-5-6-11-23(20)21/h5-14,26H,15H2,1-4H3. The summed E-state index contributed by atoms with van der Waals surface area (Å²) < 4.78 is 30.5. The van der Waals surface area contributed by atoms with Crippen LogP contribution in [0.15, 0.2) is 65.6 Å². The molecule has 0 fully saturated rings. The van der Waals surface area contributed by atoms with Crippen LogP contribution in [0.1, 0.15) is 28.1 Å². The van der Waals surface area contributed by atoms with E-state index < -0.39 is 10.0 Å². The summed E-state index contributed by atoms with van der Waals surface area (Å²) in [5.41, 5.74) is 5.12. The van der Waals surface area contributed by atoms with Crippen LogP contribution < -0.4 is 4.72 Å². The third kappa shape index (κ3) is 3.71. The molecule has 0 amide bonds. The molecule has 6 heteroatoms. The van der Waals surface area contributed by atoms with E-state index >= 15 is 0 Å². The SMILES string of the molecule is Cc1ccc(S(=O)(=O)Nc2c(C)nn(Cc3cccc4ccccc34)c2C)cc1C. The van der Waals surface area contributed by atoms with Gasteiger partial charge in [0.1, 0.15) is 0 Å². The lowest BCUT2D eigenvalue weighted by molar-refractivity contribution is 0.601. The van der Waals surface area contributed by atoms with Crippen molar-refractivity contribution in [2.75, 3.05) is 4.72 Å². The minimum Gasteiger partial charge on any atom is -0.276 e. The zero-order chi connectivity index (χ0) is 21.5. The second-order valence-corrected chi connectivity index (χ2v) is 9.38. The van der Waals surface area contributed by atoms with Crippen molar-refractivity contribution in [3.63, 3.8) is 0 Å². The van der Waals surface area contributed by atoms with E-state index in [4.69, 9.17) is 0 Å². The number of rotatable bonds is 5. The fraction of sp³-hybridized carbons (Fsp3) is 0.208. The molecule has 4 aromatic rings. The van der Waals surface area contributed by atoms with Crippen molar-refractivity contribution in [1.82, 2.24) is 9.78 Å². The largest absolute Gasteiger partial charge is 0.276 e. The van der Waals surface area contributed by atoms with Crippen LogP contribution in [-0.4, -0.2) is 18.2 Å². The third-order valence-corrected chi connectivity index (χ3v) is 6.95. The maximum absolute atomic E-state index is 13.0. The van der Waals surface area contributed by atoms with E-state index in [1.807, 2.05) is 56.6 Å². The maximum atomic E-state index is 13.0. The van der Waals surface area contributed by atoms with Gasteiger partial charge in [-0.2, -0.15) is 5.10 Å². The minimum absolute atomic E-state index is 0.256. The number of nitrogens with zero attached hydrogens (tertiary/aromatic N) is 2. The molecule has 0 atom stereocenters. The van der Waals surface area contributed by atoms with E-state index in [1.54, 1.807) is 12.1 Å². The van der Waals surface area contributed by atoms with Gasteiger partial charge in [0.15, 0.2) is 0 Å². The number of sulfonamides is 1. The van der Waals surface area contributed by atoms with E-state index in [-0.39, 0.29) is 4.90 Å². The van der Waals surface area contributed by atoms with Crippen LogP contribution in [0.25, 0.3) is 10.8 Å². The molecule has 0 bridgehead atoms. The van der Waals surface area contributed by atoms with Gasteiger partial charge in [-0.05, 0) is 67.3 Å². The lowest BCUT2D eigenvalue weighted by Gasteiger charge is -2.11. The fourth-order valence-corrected chi connectivity index (χ4v) is 4.93. The Kier molecular flexibility index (Phi) is 5.12. The highest BCUT2D eigenvalue weighted by molar-refractivity contribution is 7.92. The first kappa shape index (κ1) is 20.2. The Morgan fingerprint density at radius 1 is 0.900 bits per heavy atom. The number of fused-ring (bicyclic) bond motifs is 1. The molecule has 0 aliphatic heterocycles. The van der Waals surface area contributed by atoms with Gasteiger partial charge in [0.2, 0.25) is 0 Å². The van der Waals surface area contributed by atoms with Gasteiger partial charge in [0.05, 0.1) is 28.5 Å². The van der Waals surface area contributed by atoms with Gasteiger partial charge in [-0.25, -0.2) is 8.42 Å². The molecule has 30 heavy (non-hydrogen) atoms. The molecule has 0 saturated carbocycles. The first-order valence-electron chi connectivity index (χ1n) is 9.87. The van der Waals surface area contributed by atoms with Crippen LogP contribution in [0, 0.1) is 27.7 Å². The van der Waals surface area contributed by atoms with Crippen LogP contribution in [0.3, 0.4) is 0 Å². The summed E-state index contributed by atoms with van der Waals surface area (Å²) in [7, 11) is -3.70. The molecule has 1 heterocycles. The van der Waals surface area contributed by atoms with Crippen LogP contribution in [0.4, 0.5) is 5.69 Å². The highest BCUT2D eigenvalue weighted by Crippen LogP contribution is 2.26. The Bertz CT molecular complexity index is 1350. The smallest absolute Gasteiger partial charge is 0.262 e. The van der Waals surface area contributed by atoms with Gasteiger partial charge in [-0.3, -0.25) is 9.40 Å². The molecule has 0 spiro atoms. The Balaban J connectivity index is 1.67. The van der Waals surface area contributed by atoms with Crippen molar-refractivity contribution < 1.29 is 8.42 Å². The van der Waals surface area contributed by atoms with E-state index in [0.717, 1.165) is 22.4 Å². The summed E-state index contributed by atoms with van der Waals surface area (Å²) in [6.45, 7) is 8.16. The monoisotopic (exact) mass is 419 g/mol. The number of hydrogen-bond donors (Lipinski definition) is 1. The average molecular weight is 420 g/mol. The topological polar surface area (TPSA) is 64.0 Å². The Morgan fingerprint density at radius 2 is 1.63 bits per heavy atom. The molecule has 0 radical (unpaired) electrons. The Hall–Kier alpha value is -3.12. The van der Waals surface area contributed by atoms with Crippen molar-refractivity contribution in [2.24, 2.45) is 0 Å². The molecule has 0 aliphatic rings. The normalized spacial score (nSPS) is 11.7. The molecular formula is C24H25N3O2S. The highest BCUT2D eigenvalue weighted by Gasteiger charge is 2.20. The molecule has 1 aromatic heterocycles. The second-order valence-electron chi connectivity index (χ2n) is 7.69. The predicted molar refractivity (Wildman–Crippen MR) is 121 cm³/mol. The van der Waals surface area contributed by atoms with Gasteiger partial charge in [0.25, 0.3) is 10.0 Å². The van der Waals surface area contributed by atoms with Crippen molar-refractivity contribution >= 4 is 26.5 Å². The highest BCUT2D eigenvalue weighted by atomic mass is 32.2. The first-order valence-corrected chi connectivity index (χ1v) is 11.4. The van der Waals surface area contributed by atoms with Gasteiger partial charge >= 0.3 is 0 Å². The van der Waals surface area contributed by atoms with Crippen molar-refractivity contribution in [3.8, 4) is 0 Å². The van der Waals surface area contributed by atoms with Crippen molar-refractivity contribution in [1.29, 1.82) is 0 Å².